The molecule has 1 amide bonds. The molecule has 28 heavy (non-hydrogen) atoms. The standard InChI is InChI=1S/C20H25ClFN5O/c21-16-5-4-6-17(22)15(16)13-20(28)26-11-9-25(10-12-26)14-19-24-23-18-7-2-1-3-8-27(18)19/h4-6H,1-3,7-14H2. The molecule has 1 aromatic heterocycles. The van der Waals surface area contributed by atoms with Gasteiger partial charge in [-0.15, -0.1) is 10.2 Å². The van der Waals surface area contributed by atoms with Gasteiger partial charge in [0.15, 0.2) is 0 Å². The second kappa shape index (κ2) is 8.57. The predicted molar refractivity (Wildman–Crippen MR) is 105 cm³/mol. The van der Waals surface area contributed by atoms with E-state index in [-0.39, 0.29) is 17.9 Å². The summed E-state index contributed by atoms with van der Waals surface area (Å²) in [5.74, 6) is 1.62. The molecule has 1 saturated heterocycles. The Balaban J connectivity index is 1.32. The van der Waals surface area contributed by atoms with Crippen molar-refractivity contribution in [2.75, 3.05) is 26.2 Å². The molecule has 0 aliphatic carbocycles. The van der Waals surface area contributed by atoms with Crippen LogP contribution in [0.3, 0.4) is 0 Å². The van der Waals surface area contributed by atoms with E-state index in [2.05, 4.69) is 19.7 Å². The molecular weight excluding hydrogens is 381 g/mol. The third kappa shape index (κ3) is 4.20. The number of aryl methyl sites for hydroxylation is 1. The van der Waals surface area contributed by atoms with E-state index in [0.717, 1.165) is 44.2 Å². The van der Waals surface area contributed by atoms with E-state index >= 15 is 0 Å². The van der Waals surface area contributed by atoms with Crippen LogP contribution in [0.5, 0.6) is 0 Å². The lowest BCUT2D eigenvalue weighted by Crippen LogP contribution is -2.49. The minimum Gasteiger partial charge on any atom is -0.340 e. The highest BCUT2D eigenvalue weighted by molar-refractivity contribution is 6.31. The molecule has 0 radical (unpaired) electrons. The van der Waals surface area contributed by atoms with Gasteiger partial charge in [-0.25, -0.2) is 4.39 Å². The fraction of sp³-hybridized carbons (Fsp3) is 0.550. The number of fused-ring (bicyclic) bond motifs is 1. The van der Waals surface area contributed by atoms with E-state index in [9.17, 15) is 9.18 Å². The summed E-state index contributed by atoms with van der Waals surface area (Å²) in [5, 5.41) is 9.06. The molecule has 0 bridgehead atoms. The maximum Gasteiger partial charge on any atom is 0.227 e. The molecule has 1 aromatic carbocycles. The predicted octanol–water partition coefficient (Wildman–Crippen LogP) is 2.68. The Morgan fingerprint density at radius 3 is 2.68 bits per heavy atom. The highest BCUT2D eigenvalue weighted by atomic mass is 35.5. The summed E-state index contributed by atoms with van der Waals surface area (Å²) < 4.78 is 16.2. The number of amides is 1. The first-order chi connectivity index (χ1) is 13.6. The molecule has 0 spiro atoms. The number of hydrogen-bond acceptors (Lipinski definition) is 4. The zero-order chi connectivity index (χ0) is 19.5. The summed E-state index contributed by atoms with van der Waals surface area (Å²) in [4.78, 5) is 16.7. The SMILES string of the molecule is O=C(Cc1c(F)cccc1Cl)N1CCN(Cc2nnc3n2CCCCC3)CC1. The number of halogens is 2. The molecule has 1 fully saturated rings. The number of piperazine rings is 1. The Kier molecular flexibility index (Phi) is 5.92. The lowest BCUT2D eigenvalue weighted by Gasteiger charge is -2.34. The zero-order valence-electron chi connectivity index (χ0n) is 15.9. The van der Waals surface area contributed by atoms with Gasteiger partial charge in [-0.3, -0.25) is 9.69 Å². The van der Waals surface area contributed by atoms with Gasteiger partial charge in [0.2, 0.25) is 5.91 Å². The number of benzene rings is 1. The molecule has 0 saturated carbocycles. The molecular formula is C20H25ClFN5O. The number of hydrogen-bond donors (Lipinski definition) is 0. The Labute approximate surface area is 169 Å². The van der Waals surface area contributed by atoms with Crippen LogP contribution in [-0.4, -0.2) is 56.7 Å². The van der Waals surface area contributed by atoms with Crippen molar-refractivity contribution in [2.45, 2.75) is 45.2 Å². The Hall–Kier alpha value is -1.99. The fourth-order valence-electron chi connectivity index (χ4n) is 3.98. The molecule has 2 aromatic rings. The maximum absolute atomic E-state index is 13.9. The largest absolute Gasteiger partial charge is 0.340 e. The summed E-state index contributed by atoms with van der Waals surface area (Å²) in [7, 11) is 0. The first-order valence-corrected chi connectivity index (χ1v) is 10.3. The molecule has 2 aliphatic rings. The third-order valence-electron chi connectivity index (χ3n) is 5.67. The molecule has 0 atom stereocenters. The van der Waals surface area contributed by atoms with Gasteiger partial charge in [0.05, 0.1) is 13.0 Å². The average Bonchev–Trinajstić information content (AvgIpc) is 2.91. The van der Waals surface area contributed by atoms with Crippen molar-refractivity contribution >= 4 is 17.5 Å². The van der Waals surface area contributed by atoms with Crippen LogP contribution >= 0.6 is 11.6 Å². The minimum atomic E-state index is -0.424. The molecule has 150 valence electrons. The molecule has 3 heterocycles. The molecule has 0 N–H and O–H groups in total. The number of carbonyl (C=O) groups is 1. The summed E-state index contributed by atoms with van der Waals surface area (Å²) in [6.07, 6.45) is 4.62. The average molecular weight is 406 g/mol. The van der Waals surface area contributed by atoms with Gasteiger partial charge in [-0.2, -0.15) is 0 Å². The van der Waals surface area contributed by atoms with E-state index in [1.807, 2.05) is 0 Å². The van der Waals surface area contributed by atoms with Gasteiger partial charge in [0.1, 0.15) is 17.5 Å². The number of rotatable bonds is 4. The molecule has 2 aliphatic heterocycles. The molecule has 6 nitrogen and oxygen atoms in total. The third-order valence-corrected chi connectivity index (χ3v) is 6.02. The summed E-state index contributed by atoms with van der Waals surface area (Å²) in [6, 6.07) is 4.51. The fourth-order valence-corrected chi connectivity index (χ4v) is 4.21. The lowest BCUT2D eigenvalue weighted by molar-refractivity contribution is -0.132. The normalized spacial score (nSPS) is 18.0. The van der Waals surface area contributed by atoms with E-state index < -0.39 is 5.82 Å². The second-order valence-corrected chi connectivity index (χ2v) is 7.94. The van der Waals surface area contributed by atoms with Crippen LogP contribution in [0.2, 0.25) is 5.02 Å². The Morgan fingerprint density at radius 2 is 1.89 bits per heavy atom. The lowest BCUT2D eigenvalue weighted by atomic mass is 10.1. The van der Waals surface area contributed by atoms with Crippen molar-refractivity contribution < 1.29 is 9.18 Å². The van der Waals surface area contributed by atoms with Gasteiger partial charge >= 0.3 is 0 Å². The van der Waals surface area contributed by atoms with Crippen molar-refractivity contribution in [3.63, 3.8) is 0 Å². The zero-order valence-corrected chi connectivity index (χ0v) is 16.7. The summed E-state index contributed by atoms with van der Waals surface area (Å²) in [6.45, 7) is 4.57. The van der Waals surface area contributed by atoms with Crippen LogP contribution in [0.15, 0.2) is 18.2 Å². The maximum atomic E-state index is 13.9. The van der Waals surface area contributed by atoms with Crippen molar-refractivity contribution in [1.29, 1.82) is 0 Å². The van der Waals surface area contributed by atoms with Crippen LogP contribution in [0.4, 0.5) is 4.39 Å². The van der Waals surface area contributed by atoms with E-state index in [0.29, 0.717) is 18.1 Å². The van der Waals surface area contributed by atoms with Gasteiger partial charge in [0.25, 0.3) is 0 Å². The van der Waals surface area contributed by atoms with Gasteiger partial charge in [0, 0.05) is 49.7 Å². The van der Waals surface area contributed by atoms with Crippen molar-refractivity contribution in [1.82, 2.24) is 24.6 Å². The van der Waals surface area contributed by atoms with Crippen LogP contribution in [0, 0.1) is 5.82 Å². The van der Waals surface area contributed by atoms with Gasteiger partial charge in [-0.1, -0.05) is 24.1 Å². The van der Waals surface area contributed by atoms with Crippen LogP contribution in [-0.2, 0) is 30.7 Å². The van der Waals surface area contributed by atoms with Crippen LogP contribution < -0.4 is 0 Å². The second-order valence-electron chi connectivity index (χ2n) is 7.53. The molecule has 8 heteroatoms. The Morgan fingerprint density at radius 1 is 1.07 bits per heavy atom. The van der Waals surface area contributed by atoms with Gasteiger partial charge < -0.3 is 9.47 Å². The summed E-state index contributed by atoms with van der Waals surface area (Å²) in [5.41, 5.74) is 0.280. The molecule has 0 unspecified atom stereocenters. The van der Waals surface area contributed by atoms with E-state index in [1.165, 1.54) is 25.3 Å². The van der Waals surface area contributed by atoms with Gasteiger partial charge in [-0.05, 0) is 25.0 Å². The topological polar surface area (TPSA) is 54.3 Å². The number of nitrogens with zero attached hydrogens (tertiary/aromatic N) is 5. The van der Waals surface area contributed by atoms with Crippen LogP contribution in [0.1, 0.15) is 36.5 Å². The number of carbonyl (C=O) groups excluding carboxylic acids is 1. The van der Waals surface area contributed by atoms with Crippen LogP contribution in [0.25, 0.3) is 0 Å². The first-order valence-electron chi connectivity index (χ1n) is 9.96. The van der Waals surface area contributed by atoms with Crippen molar-refractivity contribution in [2.24, 2.45) is 0 Å². The smallest absolute Gasteiger partial charge is 0.227 e. The first kappa shape index (κ1) is 19.3. The van der Waals surface area contributed by atoms with Crippen molar-refractivity contribution in [3.05, 3.63) is 46.3 Å². The van der Waals surface area contributed by atoms with Crippen molar-refractivity contribution in [3.8, 4) is 0 Å². The Bertz CT molecular complexity index is 827. The summed E-state index contributed by atoms with van der Waals surface area (Å²) >= 11 is 6.05. The van der Waals surface area contributed by atoms with E-state index in [4.69, 9.17) is 11.6 Å². The highest BCUT2D eigenvalue weighted by Gasteiger charge is 2.24. The minimum absolute atomic E-state index is 0.00317. The molecule has 4 rings (SSSR count). The van der Waals surface area contributed by atoms with E-state index in [1.54, 1.807) is 17.0 Å². The monoisotopic (exact) mass is 405 g/mol. The number of aromatic nitrogens is 3. The quantitative estimate of drug-likeness (QED) is 0.784. The highest BCUT2D eigenvalue weighted by Crippen LogP contribution is 2.21.